The summed E-state index contributed by atoms with van der Waals surface area (Å²) >= 11 is 0. The number of aromatic hydroxyl groups is 1. The van der Waals surface area contributed by atoms with Gasteiger partial charge in [-0.2, -0.15) is 8.42 Å². The molecule has 3 N–H and O–H groups in total. The first-order chi connectivity index (χ1) is 17.2. The van der Waals surface area contributed by atoms with Crippen LogP contribution in [-0.4, -0.2) is 36.4 Å². The third-order valence-corrected chi connectivity index (χ3v) is 8.41. The van der Waals surface area contributed by atoms with E-state index < -0.39 is 33.1 Å². The lowest BCUT2D eigenvalue weighted by molar-refractivity contribution is -0.120. The lowest BCUT2D eigenvalue weighted by atomic mass is 9.97. The minimum absolute atomic E-state index is 0.0932. The number of amidine groups is 1. The summed E-state index contributed by atoms with van der Waals surface area (Å²) in [5.74, 6) is -1.58. The average molecular weight is 511 g/mol. The molecule has 2 aromatic carbocycles. The third kappa shape index (κ3) is 3.74. The Hall–Kier alpha value is -3.73. The Balaban J connectivity index is 1.48. The predicted octanol–water partition coefficient (Wildman–Crippen LogP) is 2.81. The van der Waals surface area contributed by atoms with Crippen molar-refractivity contribution in [2.24, 2.45) is 10.3 Å². The van der Waals surface area contributed by atoms with Gasteiger partial charge in [0.2, 0.25) is 5.91 Å². The number of halogens is 1. The van der Waals surface area contributed by atoms with Gasteiger partial charge in [0.25, 0.3) is 15.6 Å². The first-order valence-electron chi connectivity index (χ1n) is 11.8. The Morgan fingerprint density at radius 2 is 1.92 bits per heavy atom. The topological polar surface area (TPSA) is 130 Å². The Morgan fingerprint density at radius 3 is 2.64 bits per heavy atom. The standard InChI is InChI=1S/C25H23FN4O5S/c26-15-4-6-19-17(12-15)22(31)21(25(33)30(19)10-8-13-1-2-13)23-28-18-5-3-14(16-7-9-27-24(16)32)11-20(18)36(34,35)29-23/h3-6,11-13,16,31H,1-2,7-10H2,(H,27,32)(H,28,29). The van der Waals surface area contributed by atoms with Crippen molar-refractivity contribution in [1.82, 2.24) is 9.88 Å². The Morgan fingerprint density at radius 1 is 1.11 bits per heavy atom. The van der Waals surface area contributed by atoms with E-state index in [1.165, 1.54) is 28.8 Å². The number of fused-ring (bicyclic) bond motifs is 2. The zero-order valence-corrected chi connectivity index (χ0v) is 19.9. The summed E-state index contributed by atoms with van der Waals surface area (Å²) in [4.78, 5) is 25.5. The molecule has 36 heavy (non-hydrogen) atoms. The zero-order valence-electron chi connectivity index (χ0n) is 19.1. The maximum absolute atomic E-state index is 14.1. The van der Waals surface area contributed by atoms with E-state index in [1.54, 1.807) is 6.07 Å². The number of nitrogens with one attached hydrogen (secondary N) is 2. The van der Waals surface area contributed by atoms with E-state index in [2.05, 4.69) is 15.0 Å². The SMILES string of the molecule is O=C1NCCC1c1ccc2c(c1)S(=O)(=O)N=C(c1c(O)c3cc(F)ccc3n(CCC3CC3)c1=O)N2. The van der Waals surface area contributed by atoms with Crippen LogP contribution in [0.25, 0.3) is 10.9 Å². The van der Waals surface area contributed by atoms with Gasteiger partial charge in [0.15, 0.2) is 5.84 Å². The fourth-order valence-corrected chi connectivity index (χ4v) is 6.14. The second-order valence-corrected chi connectivity index (χ2v) is 11.1. The summed E-state index contributed by atoms with van der Waals surface area (Å²) in [5.41, 5.74) is 0.139. The van der Waals surface area contributed by atoms with Crippen molar-refractivity contribution < 1.29 is 22.7 Å². The van der Waals surface area contributed by atoms with E-state index in [1.807, 2.05) is 0 Å². The van der Waals surface area contributed by atoms with Crippen LogP contribution < -0.4 is 16.2 Å². The highest BCUT2D eigenvalue weighted by Gasteiger charge is 2.33. The van der Waals surface area contributed by atoms with E-state index in [4.69, 9.17) is 0 Å². The van der Waals surface area contributed by atoms with E-state index >= 15 is 0 Å². The van der Waals surface area contributed by atoms with Gasteiger partial charge in [0, 0.05) is 18.5 Å². The molecule has 3 aromatic rings. The number of aryl methyl sites for hydroxylation is 1. The summed E-state index contributed by atoms with van der Waals surface area (Å²) in [6.45, 7) is 0.866. The molecular weight excluding hydrogens is 487 g/mol. The molecule has 6 rings (SSSR count). The van der Waals surface area contributed by atoms with Gasteiger partial charge in [0.05, 0.1) is 17.1 Å². The minimum atomic E-state index is -4.27. The van der Waals surface area contributed by atoms with Crippen LogP contribution in [0.15, 0.2) is 50.5 Å². The number of sulfonamides is 1. The molecule has 1 saturated heterocycles. The first kappa shape index (κ1) is 22.7. The Labute approximate surface area is 205 Å². The summed E-state index contributed by atoms with van der Waals surface area (Å²) in [6.07, 6.45) is 3.47. The lowest BCUT2D eigenvalue weighted by Gasteiger charge is -2.21. The van der Waals surface area contributed by atoms with E-state index in [0.29, 0.717) is 36.5 Å². The van der Waals surface area contributed by atoms with Crippen molar-refractivity contribution in [3.05, 3.63) is 63.7 Å². The summed E-state index contributed by atoms with van der Waals surface area (Å²) in [5, 5.41) is 16.7. The molecule has 0 spiro atoms. The second kappa shape index (κ2) is 8.16. The largest absolute Gasteiger partial charge is 0.506 e. The number of nitrogens with zero attached hydrogens (tertiary/aromatic N) is 2. The zero-order chi connectivity index (χ0) is 25.2. The maximum Gasteiger partial charge on any atom is 0.286 e. The van der Waals surface area contributed by atoms with Crippen LogP contribution in [0.5, 0.6) is 5.75 Å². The van der Waals surface area contributed by atoms with Crippen molar-refractivity contribution >= 4 is 38.4 Å². The molecule has 11 heteroatoms. The summed E-state index contributed by atoms with van der Waals surface area (Å²) in [7, 11) is -4.27. The number of amides is 1. The molecule has 1 amide bonds. The maximum atomic E-state index is 14.1. The second-order valence-electron chi connectivity index (χ2n) is 9.50. The number of carbonyl (C=O) groups excluding carboxylic acids is 1. The summed E-state index contributed by atoms with van der Waals surface area (Å²) < 4.78 is 45.7. The van der Waals surface area contributed by atoms with Crippen molar-refractivity contribution in [3.8, 4) is 5.75 Å². The highest BCUT2D eigenvalue weighted by molar-refractivity contribution is 7.90. The van der Waals surface area contributed by atoms with Gasteiger partial charge in [0.1, 0.15) is 22.0 Å². The van der Waals surface area contributed by atoms with Gasteiger partial charge >= 0.3 is 0 Å². The van der Waals surface area contributed by atoms with Gasteiger partial charge in [-0.15, -0.1) is 4.40 Å². The first-order valence-corrected chi connectivity index (χ1v) is 13.3. The normalized spacial score (nSPS) is 20.5. The van der Waals surface area contributed by atoms with Crippen molar-refractivity contribution in [1.29, 1.82) is 0 Å². The van der Waals surface area contributed by atoms with Crippen LogP contribution in [-0.2, 0) is 21.4 Å². The van der Waals surface area contributed by atoms with Gasteiger partial charge < -0.3 is 20.3 Å². The van der Waals surface area contributed by atoms with Crippen LogP contribution in [0.4, 0.5) is 10.1 Å². The molecule has 3 heterocycles. The molecule has 1 saturated carbocycles. The van der Waals surface area contributed by atoms with Gasteiger partial charge in [-0.05, 0) is 54.7 Å². The van der Waals surface area contributed by atoms with Gasteiger partial charge in [-0.1, -0.05) is 18.9 Å². The molecule has 1 unspecified atom stereocenters. The summed E-state index contributed by atoms with van der Waals surface area (Å²) in [6, 6.07) is 8.36. The van der Waals surface area contributed by atoms with Crippen molar-refractivity contribution in [2.75, 3.05) is 11.9 Å². The quantitative estimate of drug-likeness (QED) is 0.484. The van der Waals surface area contributed by atoms with Crippen LogP contribution in [0.1, 0.15) is 42.7 Å². The van der Waals surface area contributed by atoms with E-state index in [9.17, 15) is 27.5 Å². The smallest absolute Gasteiger partial charge is 0.286 e. The third-order valence-electron chi connectivity index (χ3n) is 7.09. The number of pyridine rings is 1. The van der Waals surface area contributed by atoms with Crippen LogP contribution >= 0.6 is 0 Å². The molecular formula is C25H23FN4O5S. The highest BCUT2D eigenvalue weighted by atomic mass is 32.2. The fourth-order valence-electron chi connectivity index (χ4n) is 4.98. The molecule has 2 fully saturated rings. The number of anilines is 1. The lowest BCUT2D eigenvalue weighted by Crippen LogP contribution is -2.33. The highest BCUT2D eigenvalue weighted by Crippen LogP contribution is 2.36. The van der Waals surface area contributed by atoms with Gasteiger partial charge in [-0.3, -0.25) is 9.59 Å². The fraction of sp³-hybridized carbons (Fsp3) is 0.320. The Bertz CT molecular complexity index is 1640. The molecule has 2 aliphatic heterocycles. The number of carbonyl (C=O) groups is 1. The number of hydrogen-bond acceptors (Lipinski definition) is 6. The average Bonchev–Trinajstić information content (AvgIpc) is 3.57. The number of benzene rings is 2. The molecule has 1 aliphatic carbocycles. The molecule has 0 radical (unpaired) electrons. The van der Waals surface area contributed by atoms with E-state index in [0.717, 1.165) is 25.3 Å². The number of aromatic nitrogens is 1. The van der Waals surface area contributed by atoms with Crippen LogP contribution in [0, 0.1) is 11.7 Å². The van der Waals surface area contributed by atoms with Crippen LogP contribution in [0.3, 0.4) is 0 Å². The number of rotatable bonds is 5. The van der Waals surface area contributed by atoms with Crippen LogP contribution in [0.2, 0.25) is 0 Å². The Kier molecular flexibility index (Phi) is 5.15. The molecule has 1 atom stereocenters. The predicted molar refractivity (Wildman–Crippen MR) is 131 cm³/mol. The minimum Gasteiger partial charge on any atom is -0.506 e. The molecule has 0 bridgehead atoms. The van der Waals surface area contributed by atoms with Gasteiger partial charge in [-0.25, -0.2) is 4.39 Å². The van der Waals surface area contributed by atoms with Crippen molar-refractivity contribution in [2.45, 2.75) is 43.0 Å². The number of hydrogen-bond donors (Lipinski definition) is 3. The molecule has 186 valence electrons. The molecule has 1 aromatic heterocycles. The molecule has 3 aliphatic rings. The van der Waals surface area contributed by atoms with Crippen molar-refractivity contribution in [3.63, 3.8) is 0 Å². The molecule has 9 nitrogen and oxygen atoms in total. The van der Waals surface area contributed by atoms with E-state index in [-0.39, 0.29) is 33.3 Å². The monoisotopic (exact) mass is 510 g/mol.